The molecule has 1 aliphatic heterocycles. The number of nitrogens with zero attached hydrogens (tertiary/aromatic N) is 3. The average Bonchev–Trinajstić information content (AvgIpc) is 2.49. The summed E-state index contributed by atoms with van der Waals surface area (Å²) in [5.41, 5.74) is -0.135. The van der Waals surface area contributed by atoms with E-state index in [0.29, 0.717) is 18.9 Å². The number of aromatic nitrogens is 1. The third-order valence-electron chi connectivity index (χ3n) is 3.16. The van der Waals surface area contributed by atoms with E-state index < -0.39 is 16.9 Å². The lowest BCUT2D eigenvalue weighted by molar-refractivity contribution is -0.385. The van der Waals surface area contributed by atoms with Crippen molar-refractivity contribution in [2.75, 3.05) is 25.1 Å². The Morgan fingerprint density at radius 1 is 1.62 bits per heavy atom. The van der Waals surface area contributed by atoms with Gasteiger partial charge < -0.3 is 15.0 Å². The number of ether oxygens (including phenoxy) is 1. The maximum Gasteiger partial charge on any atom is 0.308 e. The number of hydrogen-bond donors (Lipinski definition) is 1. The standard InChI is InChI=1S/C12H14N4O5/c1-21-11(17)6-9-12(18)13-4-5-15(9)10-3-2-8(7-14-10)16(19)20/h2-3,7,9H,4-6H2,1H3,(H,13,18)/t9-/m1/s1. The number of amides is 1. The molecule has 0 spiro atoms. The Morgan fingerprint density at radius 2 is 2.38 bits per heavy atom. The van der Waals surface area contributed by atoms with Gasteiger partial charge in [0.25, 0.3) is 5.69 Å². The van der Waals surface area contributed by atoms with Gasteiger partial charge in [-0.1, -0.05) is 0 Å². The maximum atomic E-state index is 11.9. The Bertz CT molecular complexity index is 559. The Balaban J connectivity index is 2.23. The van der Waals surface area contributed by atoms with E-state index in [2.05, 4.69) is 15.0 Å². The molecule has 21 heavy (non-hydrogen) atoms. The first-order chi connectivity index (χ1) is 10.0. The highest BCUT2D eigenvalue weighted by molar-refractivity contribution is 5.90. The Hall–Kier alpha value is -2.71. The fourth-order valence-corrected chi connectivity index (χ4v) is 2.09. The van der Waals surface area contributed by atoms with Crippen molar-refractivity contribution in [3.8, 4) is 0 Å². The highest BCUT2D eigenvalue weighted by atomic mass is 16.6. The summed E-state index contributed by atoms with van der Waals surface area (Å²) in [5, 5.41) is 13.3. The van der Waals surface area contributed by atoms with Crippen LogP contribution in [0.5, 0.6) is 0 Å². The van der Waals surface area contributed by atoms with Gasteiger partial charge in [0.1, 0.15) is 18.1 Å². The van der Waals surface area contributed by atoms with Gasteiger partial charge in [0.2, 0.25) is 5.91 Å². The van der Waals surface area contributed by atoms with Gasteiger partial charge in [-0.3, -0.25) is 19.7 Å². The SMILES string of the molecule is COC(=O)C[C@@H]1C(=O)NCCN1c1ccc([N+](=O)[O-])cn1. The molecule has 1 amide bonds. The number of carbonyl (C=O) groups is 2. The van der Waals surface area contributed by atoms with Gasteiger partial charge in [-0.05, 0) is 6.07 Å². The molecule has 2 rings (SSSR count). The van der Waals surface area contributed by atoms with E-state index in [-0.39, 0.29) is 18.0 Å². The van der Waals surface area contributed by atoms with E-state index in [1.807, 2.05) is 0 Å². The van der Waals surface area contributed by atoms with E-state index >= 15 is 0 Å². The van der Waals surface area contributed by atoms with Crippen LogP contribution in [0.3, 0.4) is 0 Å². The molecule has 0 aromatic carbocycles. The molecule has 0 radical (unpaired) electrons. The molecule has 1 saturated heterocycles. The normalized spacial score (nSPS) is 18.0. The monoisotopic (exact) mass is 294 g/mol. The fraction of sp³-hybridized carbons (Fsp3) is 0.417. The van der Waals surface area contributed by atoms with Crippen molar-refractivity contribution in [3.63, 3.8) is 0 Å². The summed E-state index contributed by atoms with van der Waals surface area (Å²) < 4.78 is 4.58. The molecule has 1 aliphatic rings. The first-order valence-electron chi connectivity index (χ1n) is 6.24. The van der Waals surface area contributed by atoms with Gasteiger partial charge in [0, 0.05) is 19.2 Å². The minimum Gasteiger partial charge on any atom is -0.469 e. The van der Waals surface area contributed by atoms with E-state index in [1.165, 1.54) is 19.2 Å². The van der Waals surface area contributed by atoms with Crippen molar-refractivity contribution < 1.29 is 19.2 Å². The Kier molecular flexibility index (Phi) is 4.31. The molecule has 1 aromatic rings. The molecule has 1 atom stereocenters. The number of pyridine rings is 1. The van der Waals surface area contributed by atoms with Crippen LogP contribution >= 0.6 is 0 Å². The number of anilines is 1. The molecular formula is C12H14N4O5. The molecule has 0 aliphatic carbocycles. The third kappa shape index (κ3) is 3.25. The number of carbonyl (C=O) groups excluding carboxylic acids is 2. The van der Waals surface area contributed by atoms with Crippen LogP contribution < -0.4 is 10.2 Å². The van der Waals surface area contributed by atoms with Crippen molar-refractivity contribution in [1.29, 1.82) is 0 Å². The number of esters is 1. The van der Waals surface area contributed by atoms with Crippen LogP contribution in [0.1, 0.15) is 6.42 Å². The quantitative estimate of drug-likeness (QED) is 0.467. The molecule has 0 bridgehead atoms. The van der Waals surface area contributed by atoms with Gasteiger partial charge in [-0.15, -0.1) is 0 Å². The van der Waals surface area contributed by atoms with Crippen LogP contribution in [0.25, 0.3) is 0 Å². The molecule has 9 nitrogen and oxygen atoms in total. The van der Waals surface area contributed by atoms with E-state index in [0.717, 1.165) is 6.20 Å². The largest absolute Gasteiger partial charge is 0.469 e. The minimum absolute atomic E-state index is 0.110. The Labute approximate surface area is 120 Å². The first-order valence-corrected chi connectivity index (χ1v) is 6.24. The van der Waals surface area contributed by atoms with Crippen molar-refractivity contribution >= 4 is 23.4 Å². The summed E-state index contributed by atoms with van der Waals surface area (Å²) in [6.45, 7) is 0.868. The van der Waals surface area contributed by atoms with Gasteiger partial charge in [-0.2, -0.15) is 0 Å². The summed E-state index contributed by atoms with van der Waals surface area (Å²) in [7, 11) is 1.25. The zero-order valence-electron chi connectivity index (χ0n) is 11.3. The first kappa shape index (κ1) is 14.7. The number of rotatable bonds is 4. The number of hydrogen-bond acceptors (Lipinski definition) is 7. The lowest BCUT2D eigenvalue weighted by Crippen LogP contribution is -2.56. The smallest absolute Gasteiger partial charge is 0.308 e. The number of nitro groups is 1. The summed E-state index contributed by atoms with van der Waals surface area (Å²) >= 11 is 0. The molecule has 1 aromatic heterocycles. The number of nitrogens with one attached hydrogen (secondary N) is 1. The summed E-state index contributed by atoms with van der Waals surface area (Å²) in [5.74, 6) is -0.403. The third-order valence-corrected chi connectivity index (χ3v) is 3.16. The molecule has 112 valence electrons. The zero-order valence-corrected chi connectivity index (χ0v) is 11.3. The summed E-state index contributed by atoms with van der Waals surface area (Å²) in [6.07, 6.45) is 1.01. The van der Waals surface area contributed by atoms with Crippen LogP contribution in [-0.4, -0.2) is 48.0 Å². The topological polar surface area (TPSA) is 115 Å². The van der Waals surface area contributed by atoms with Crippen LogP contribution in [0, 0.1) is 10.1 Å². The lowest BCUT2D eigenvalue weighted by Gasteiger charge is -2.35. The maximum absolute atomic E-state index is 11.9. The summed E-state index contributed by atoms with van der Waals surface area (Å²) in [4.78, 5) is 39.0. The van der Waals surface area contributed by atoms with Gasteiger partial charge in [-0.25, -0.2) is 4.98 Å². The van der Waals surface area contributed by atoms with Crippen LogP contribution in [0.2, 0.25) is 0 Å². The molecular weight excluding hydrogens is 280 g/mol. The van der Waals surface area contributed by atoms with E-state index in [4.69, 9.17) is 0 Å². The lowest BCUT2D eigenvalue weighted by atomic mass is 10.1. The highest BCUT2D eigenvalue weighted by Gasteiger charge is 2.33. The molecule has 0 saturated carbocycles. The predicted octanol–water partition coefficient (Wildman–Crippen LogP) is -0.142. The van der Waals surface area contributed by atoms with Crippen LogP contribution in [-0.2, 0) is 14.3 Å². The van der Waals surface area contributed by atoms with Crippen molar-refractivity contribution in [2.45, 2.75) is 12.5 Å². The predicted molar refractivity (Wildman–Crippen MR) is 71.7 cm³/mol. The molecule has 9 heteroatoms. The van der Waals surface area contributed by atoms with Crippen molar-refractivity contribution in [1.82, 2.24) is 10.3 Å². The zero-order chi connectivity index (χ0) is 15.4. The number of piperazine rings is 1. The molecule has 2 heterocycles. The second-order valence-electron chi connectivity index (χ2n) is 4.41. The van der Waals surface area contributed by atoms with Crippen molar-refractivity contribution in [2.24, 2.45) is 0 Å². The Morgan fingerprint density at radius 3 is 2.95 bits per heavy atom. The minimum atomic E-state index is -0.736. The fourth-order valence-electron chi connectivity index (χ4n) is 2.09. The number of methoxy groups -OCH3 is 1. The van der Waals surface area contributed by atoms with E-state index in [9.17, 15) is 19.7 Å². The van der Waals surface area contributed by atoms with Gasteiger partial charge in [0.15, 0.2) is 0 Å². The van der Waals surface area contributed by atoms with E-state index in [1.54, 1.807) is 4.90 Å². The second kappa shape index (κ2) is 6.16. The van der Waals surface area contributed by atoms with Crippen LogP contribution in [0.15, 0.2) is 18.3 Å². The molecule has 0 unspecified atom stereocenters. The highest BCUT2D eigenvalue weighted by Crippen LogP contribution is 2.21. The average molecular weight is 294 g/mol. The van der Waals surface area contributed by atoms with Gasteiger partial charge >= 0.3 is 5.97 Å². The molecule has 1 N–H and O–H groups in total. The second-order valence-corrected chi connectivity index (χ2v) is 4.41. The van der Waals surface area contributed by atoms with Crippen LogP contribution in [0.4, 0.5) is 11.5 Å². The van der Waals surface area contributed by atoms with Crippen molar-refractivity contribution in [3.05, 3.63) is 28.4 Å². The summed E-state index contributed by atoms with van der Waals surface area (Å²) in [6, 6.07) is 2.03. The van der Waals surface area contributed by atoms with Gasteiger partial charge in [0.05, 0.1) is 18.5 Å². The molecule has 1 fully saturated rings.